The number of hydrogen-bond donors (Lipinski definition) is 2. The second-order valence-corrected chi connectivity index (χ2v) is 5.45. The molecule has 0 spiro atoms. The number of nitrogens with one attached hydrogen (secondary N) is 1. The highest BCUT2D eigenvalue weighted by Gasteiger charge is 2.16. The van der Waals surface area contributed by atoms with Crippen LogP contribution in [0.1, 0.15) is 37.4 Å². The minimum absolute atomic E-state index is 0.0571. The van der Waals surface area contributed by atoms with E-state index in [1.165, 1.54) is 0 Å². The summed E-state index contributed by atoms with van der Waals surface area (Å²) in [6.45, 7) is 6.72. The van der Waals surface area contributed by atoms with Gasteiger partial charge in [-0.1, -0.05) is 31.4 Å². The molecule has 2 amide bonds. The molecular formula is C15H24ClN3O2. The summed E-state index contributed by atoms with van der Waals surface area (Å²) in [5, 5.41) is 12.2. The molecule has 0 aliphatic heterocycles. The highest BCUT2D eigenvalue weighted by atomic mass is 35.5. The first-order valence-corrected chi connectivity index (χ1v) is 7.68. The van der Waals surface area contributed by atoms with Gasteiger partial charge in [0, 0.05) is 18.8 Å². The molecule has 0 aliphatic carbocycles. The fourth-order valence-electron chi connectivity index (χ4n) is 2.12. The fraction of sp³-hybridized carbons (Fsp3) is 0.600. The first-order chi connectivity index (χ1) is 9.99. The largest absolute Gasteiger partial charge is 0.395 e. The smallest absolute Gasteiger partial charge is 0.322 e. The Morgan fingerprint density at radius 3 is 2.67 bits per heavy atom. The third kappa shape index (κ3) is 5.52. The summed E-state index contributed by atoms with van der Waals surface area (Å²) >= 11 is 6.09. The molecular weight excluding hydrogens is 290 g/mol. The molecule has 1 aromatic rings. The average molecular weight is 314 g/mol. The molecule has 1 aromatic heterocycles. The topological polar surface area (TPSA) is 65.5 Å². The molecule has 0 atom stereocenters. The second kappa shape index (κ2) is 8.85. The maximum absolute atomic E-state index is 12.3. The Labute approximate surface area is 131 Å². The van der Waals surface area contributed by atoms with Gasteiger partial charge in [0.1, 0.15) is 0 Å². The van der Waals surface area contributed by atoms with Crippen molar-refractivity contribution >= 4 is 23.3 Å². The third-order valence-corrected chi connectivity index (χ3v) is 3.49. The Morgan fingerprint density at radius 2 is 2.10 bits per heavy atom. The number of amides is 2. The maximum atomic E-state index is 12.3. The molecule has 21 heavy (non-hydrogen) atoms. The molecule has 1 rings (SSSR count). The Kier molecular flexibility index (Phi) is 7.47. The van der Waals surface area contributed by atoms with Gasteiger partial charge in [0.15, 0.2) is 5.15 Å². The van der Waals surface area contributed by atoms with E-state index in [9.17, 15) is 4.79 Å². The monoisotopic (exact) mass is 313 g/mol. The fourth-order valence-corrected chi connectivity index (χ4v) is 2.45. The normalized spacial score (nSPS) is 10.5. The molecule has 5 nitrogen and oxygen atoms in total. The molecule has 6 heteroatoms. The lowest BCUT2D eigenvalue weighted by atomic mass is 10.2. The number of aliphatic hydroxyl groups is 1. The summed E-state index contributed by atoms with van der Waals surface area (Å²) in [5.74, 6) is 0. The summed E-state index contributed by atoms with van der Waals surface area (Å²) in [6.07, 6.45) is 3.06. The minimum atomic E-state index is -0.254. The van der Waals surface area contributed by atoms with E-state index in [0.29, 0.717) is 23.9 Å². The lowest BCUT2D eigenvalue weighted by Crippen LogP contribution is -2.38. The van der Waals surface area contributed by atoms with E-state index in [-0.39, 0.29) is 12.6 Å². The number of rotatable bonds is 7. The molecule has 0 fully saturated rings. The Morgan fingerprint density at radius 1 is 1.38 bits per heavy atom. The molecule has 118 valence electrons. The van der Waals surface area contributed by atoms with Crippen molar-refractivity contribution in [2.45, 2.75) is 40.0 Å². The number of carbonyl (C=O) groups is 1. The molecule has 2 N–H and O–H groups in total. The van der Waals surface area contributed by atoms with E-state index in [0.717, 1.165) is 30.5 Å². The average Bonchev–Trinajstić information content (AvgIpc) is 2.41. The molecule has 0 saturated heterocycles. The summed E-state index contributed by atoms with van der Waals surface area (Å²) in [7, 11) is 0. The van der Waals surface area contributed by atoms with Crippen LogP contribution in [0.5, 0.6) is 0 Å². The van der Waals surface area contributed by atoms with Crippen LogP contribution in [0.25, 0.3) is 0 Å². The first kappa shape index (κ1) is 17.7. The van der Waals surface area contributed by atoms with Crippen LogP contribution in [-0.4, -0.2) is 40.7 Å². The van der Waals surface area contributed by atoms with Gasteiger partial charge in [-0.15, -0.1) is 0 Å². The van der Waals surface area contributed by atoms with Gasteiger partial charge in [-0.25, -0.2) is 9.78 Å². The van der Waals surface area contributed by atoms with Crippen LogP contribution in [0.4, 0.5) is 10.5 Å². The molecule has 0 radical (unpaired) electrons. The van der Waals surface area contributed by atoms with Crippen molar-refractivity contribution in [3.05, 3.63) is 22.5 Å². The first-order valence-electron chi connectivity index (χ1n) is 7.30. The van der Waals surface area contributed by atoms with Gasteiger partial charge in [-0.2, -0.15) is 0 Å². The second-order valence-electron chi connectivity index (χ2n) is 5.09. The van der Waals surface area contributed by atoms with Crippen molar-refractivity contribution < 1.29 is 9.90 Å². The number of aryl methyl sites for hydroxylation is 2. The van der Waals surface area contributed by atoms with Crippen LogP contribution in [0.2, 0.25) is 5.15 Å². The number of unbranched alkanes of at least 4 members (excludes halogenated alkanes) is 2. The zero-order valence-electron chi connectivity index (χ0n) is 12.9. The van der Waals surface area contributed by atoms with E-state index in [2.05, 4.69) is 17.2 Å². The lowest BCUT2D eigenvalue weighted by molar-refractivity contribution is 0.187. The number of anilines is 1. The number of halogens is 1. The summed E-state index contributed by atoms with van der Waals surface area (Å²) in [6, 6.07) is 1.62. The number of nitrogens with zero attached hydrogens (tertiary/aromatic N) is 2. The van der Waals surface area contributed by atoms with Gasteiger partial charge >= 0.3 is 6.03 Å². The van der Waals surface area contributed by atoms with Gasteiger partial charge in [0.25, 0.3) is 0 Å². The van der Waals surface area contributed by atoms with E-state index >= 15 is 0 Å². The van der Waals surface area contributed by atoms with Crippen molar-refractivity contribution in [1.82, 2.24) is 9.88 Å². The minimum Gasteiger partial charge on any atom is -0.395 e. The number of aliphatic hydroxyl groups excluding tert-OH is 1. The van der Waals surface area contributed by atoms with Crippen molar-refractivity contribution in [2.75, 3.05) is 25.0 Å². The molecule has 1 heterocycles. The molecule has 0 saturated carbocycles. The van der Waals surface area contributed by atoms with Crippen molar-refractivity contribution in [3.63, 3.8) is 0 Å². The van der Waals surface area contributed by atoms with Gasteiger partial charge in [-0.05, 0) is 31.9 Å². The number of urea groups is 1. The number of hydrogen-bond acceptors (Lipinski definition) is 3. The predicted octanol–water partition coefficient (Wildman–Crippen LogP) is 3.37. The van der Waals surface area contributed by atoms with Crippen molar-refractivity contribution in [2.24, 2.45) is 0 Å². The molecule has 0 unspecified atom stereocenters. The number of aromatic nitrogens is 1. The van der Waals surface area contributed by atoms with Crippen LogP contribution in [-0.2, 0) is 0 Å². The summed E-state index contributed by atoms with van der Waals surface area (Å²) in [5.41, 5.74) is 2.22. The molecule has 0 aromatic carbocycles. The van der Waals surface area contributed by atoms with Gasteiger partial charge in [0.05, 0.1) is 12.3 Å². The Bertz CT molecular complexity index is 457. The Hall–Kier alpha value is -1.33. The lowest BCUT2D eigenvalue weighted by Gasteiger charge is -2.23. The van der Waals surface area contributed by atoms with Gasteiger partial charge in [0.2, 0.25) is 0 Å². The van der Waals surface area contributed by atoms with Crippen LogP contribution in [0, 0.1) is 13.8 Å². The SMILES string of the molecule is CCCCCN(CCO)C(=O)Nc1c(C)cc(C)nc1Cl. The van der Waals surface area contributed by atoms with Crippen molar-refractivity contribution in [3.8, 4) is 0 Å². The van der Waals surface area contributed by atoms with E-state index in [4.69, 9.17) is 16.7 Å². The van der Waals surface area contributed by atoms with Crippen LogP contribution in [0.15, 0.2) is 6.07 Å². The predicted molar refractivity (Wildman–Crippen MR) is 85.9 cm³/mol. The highest BCUT2D eigenvalue weighted by molar-refractivity contribution is 6.32. The van der Waals surface area contributed by atoms with E-state index in [1.807, 2.05) is 19.9 Å². The summed E-state index contributed by atoms with van der Waals surface area (Å²) < 4.78 is 0. The van der Waals surface area contributed by atoms with Crippen molar-refractivity contribution in [1.29, 1.82) is 0 Å². The van der Waals surface area contributed by atoms with Gasteiger partial charge in [-0.3, -0.25) is 0 Å². The Balaban J connectivity index is 2.76. The van der Waals surface area contributed by atoms with E-state index in [1.54, 1.807) is 4.90 Å². The highest BCUT2D eigenvalue weighted by Crippen LogP contribution is 2.24. The molecule has 0 bridgehead atoms. The maximum Gasteiger partial charge on any atom is 0.322 e. The van der Waals surface area contributed by atoms with Crippen LogP contribution in [0.3, 0.4) is 0 Å². The summed E-state index contributed by atoms with van der Waals surface area (Å²) in [4.78, 5) is 18.1. The zero-order valence-corrected chi connectivity index (χ0v) is 13.7. The van der Waals surface area contributed by atoms with Crippen LogP contribution < -0.4 is 5.32 Å². The van der Waals surface area contributed by atoms with Crippen LogP contribution >= 0.6 is 11.6 Å². The quantitative estimate of drug-likeness (QED) is 0.599. The van der Waals surface area contributed by atoms with Gasteiger partial charge < -0.3 is 15.3 Å². The zero-order chi connectivity index (χ0) is 15.8. The molecule has 0 aliphatic rings. The number of pyridine rings is 1. The third-order valence-electron chi connectivity index (χ3n) is 3.22. The van der Waals surface area contributed by atoms with E-state index < -0.39 is 0 Å². The standard InChI is InChI=1S/C15H24ClN3O2/c1-4-5-6-7-19(8-9-20)15(21)18-13-11(2)10-12(3)17-14(13)16/h10,20H,4-9H2,1-3H3,(H,18,21). The number of carbonyl (C=O) groups excluding carboxylic acids is 1.